The van der Waals surface area contributed by atoms with E-state index in [1.54, 1.807) is 30.5 Å². The van der Waals surface area contributed by atoms with Crippen molar-refractivity contribution in [1.29, 1.82) is 0 Å². The van der Waals surface area contributed by atoms with E-state index in [1.165, 1.54) is 17.0 Å². The lowest BCUT2D eigenvalue weighted by Crippen LogP contribution is -2.47. The molecule has 2 aromatic carbocycles. The number of amides is 1. The Kier molecular flexibility index (Phi) is 4.55. The molecule has 4 rings (SSSR count). The number of ether oxygens (including phenoxy) is 1. The topological polar surface area (TPSA) is 42.4 Å². The van der Waals surface area contributed by atoms with Crippen LogP contribution in [0.4, 0.5) is 19.3 Å². The third-order valence-electron chi connectivity index (χ3n) is 4.95. The van der Waals surface area contributed by atoms with Crippen molar-refractivity contribution in [2.24, 2.45) is 0 Å². The van der Waals surface area contributed by atoms with Crippen LogP contribution in [0.15, 0.2) is 66.9 Å². The lowest BCUT2D eigenvalue weighted by molar-refractivity contribution is 0.00264. The molecular weight excluding hydrogens is 362 g/mol. The summed E-state index contributed by atoms with van der Waals surface area (Å²) in [4.78, 5) is 18.5. The van der Waals surface area contributed by atoms with Gasteiger partial charge in [-0.2, -0.15) is 0 Å². The number of hydrogen-bond donors (Lipinski definition) is 0. The second-order valence-corrected chi connectivity index (χ2v) is 6.89. The quantitative estimate of drug-likeness (QED) is 0.620. The largest absolute Gasteiger partial charge is 0.436 e. The first-order valence-corrected chi connectivity index (χ1v) is 8.94. The highest BCUT2D eigenvalue weighted by Crippen LogP contribution is 2.35. The molecule has 142 valence electrons. The Hall–Kier alpha value is -3.28. The van der Waals surface area contributed by atoms with Gasteiger partial charge in [-0.3, -0.25) is 9.88 Å². The van der Waals surface area contributed by atoms with Gasteiger partial charge in [0.1, 0.15) is 11.6 Å². The molecule has 0 bridgehead atoms. The zero-order valence-corrected chi connectivity index (χ0v) is 15.2. The first-order valence-electron chi connectivity index (χ1n) is 8.94. The van der Waals surface area contributed by atoms with E-state index in [4.69, 9.17) is 4.74 Å². The molecule has 1 aromatic heterocycles. The molecule has 28 heavy (non-hydrogen) atoms. The maximum atomic E-state index is 14.1. The molecule has 0 aliphatic carbocycles. The number of pyridine rings is 1. The first kappa shape index (κ1) is 18.1. The lowest BCUT2D eigenvalue weighted by atomic mass is 9.95. The predicted molar refractivity (Wildman–Crippen MR) is 102 cm³/mol. The number of rotatable bonds is 3. The summed E-state index contributed by atoms with van der Waals surface area (Å²) in [6.45, 7) is 2.27. The summed E-state index contributed by atoms with van der Waals surface area (Å²) in [6, 6.07) is 15.8. The van der Waals surface area contributed by atoms with Gasteiger partial charge in [0, 0.05) is 36.5 Å². The van der Waals surface area contributed by atoms with E-state index in [2.05, 4.69) is 4.98 Å². The number of anilines is 1. The predicted octanol–water partition coefficient (Wildman–Crippen LogP) is 5.29. The SMILES string of the molecule is C[C@]1(c2ccccn2)CCN(c2cccc(-c3ccc(F)cc3F)c2)C(=O)O1. The highest BCUT2D eigenvalue weighted by molar-refractivity contribution is 5.89. The van der Waals surface area contributed by atoms with Gasteiger partial charge in [0.05, 0.1) is 5.69 Å². The Morgan fingerprint density at radius 2 is 1.93 bits per heavy atom. The van der Waals surface area contributed by atoms with Gasteiger partial charge in [0.2, 0.25) is 0 Å². The van der Waals surface area contributed by atoms with Gasteiger partial charge in [-0.05, 0) is 48.9 Å². The monoisotopic (exact) mass is 380 g/mol. The Morgan fingerprint density at radius 3 is 2.64 bits per heavy atom. The summed E-state index contributed by atoms with van der Waals surface area (Å²) < 4.78 is 33.0. The second-order valence-electron chi connectivity index (χ2n) is 6.89. The van der Waals surface area contributed by atoms with Crippen molar-refractivity contribution in [2.75, 3.05) is 11.4 Å². The van der Waals surface area contributed by atoms with Gasteiger partial charge in [-0.25, -0.2) is 13.6 Å². The van der Waals surface area contributed by atoms with Crippen molar-refractivity contribution >= 4 is 11.8 Å². The number of halogens is 2. The van der Waals surface area contributed by atoms with Crippen LogP contribution in [0.25, 0.3) is 11.1 Å². The molecule has 6 heteroatoms. The molecule has 0 N–H and O–H groups in total. The minimum Gasteiger partial charge on any atom is -0.436 e. The van der Waals surface area contributed by atoms with E-state index in [1.807, 2.05) is 25.1 Å². The fraction of sp³-hybridized carbons (Fsp3) is 0.182. The molecular formula is C22H18F2N2O2. The van der Waals surface area contributed by atoms with Crippen LogP contribution in [0, 0.1) is 11.6 Å². The second kappa shape index (κ2) is 7.03. The van der Waals surface area contributed by atoms with Gasteiger partial charge in [0.25, 0.3) is 0 Å². The minimum absolute atomic E-state index is 0.270. The summed E-state index contributed by atoms with van der Waals surface area (Å²) in [6.07, 6.45) is 1.74. The molecule has 1 atom stereocenters. The van der Waals surface area contributed by atoms with Crippen LogP contribution < -0.4 is 4.90 Å². The Balaban J connectivity index is 1.60. The summed E-state index contributed by atoms with van der Waals surface area (Å²) in [5.74, 6) is -1.29. The van der Waals surface area contributed by atoms with Crippen LogP contribution in [0.1, 0.15) is 19.0 Å². The van der Waals surface area contributed by atoms with E-state index in [-0.39, 0.29) is 5.56 Å². The molecule has 0 radical (unpaired) electrons. The van der Waals surface area contributed by atoms with Gasteiger partial charge >= 0.3 is 6.09 Å². The minimum atomic E-state index is -0.796. The van der Waals surface area contributed by atoms with Crippen molar-refractivity contribution in [2.45, 2.75) is 18.9 Å². The molecule has 0 saturated carbocycles. The molecule has 0 unspecified atom stereocenters. The van der Waals surface area contributed by atoms with Crippen LogP contribution in [0.3, 0.4) is 0 Å². The first-order chi connectivity index (χ1) is 13.5. The molecule has 1 amide bonds. The maximum absolute atomic E-state index is 14.1. The fourth-order valence-corrected chi connectivity index (χ4v) is 3.37. The third kappa shape index (κ3) is 3.33. The molecule has 1 fully saturated rings. The molecule has 3 aromatic rings. The van der Waals surface area contributed by atoms with Gasteiger partial charge in [-0.1, -0.05) is 18.2 Å². The van der Waals surface area contributed by atoms with Crippen molar-refractivity contribution in [3.05, 3.63) is 84.2 Å². The number of nitrogens with zero attached hydrogens (tertiary/aromatic N) is 2. The van der Waals surface area contributed by atoms with Gasteiger partial charge in [-0.15, -0.1) is 0 Å². The molecule has 1 saturated heterocycles. The van der Waals surface area contributed by atoms with E-state index >= 15 is 0 Å². The highest BCUT2D eigenvalue weighted by Gasteiger charge is 2.39. The zero-order chi connectivity index (χ0) is 19.7. The Labute approximate surface area is 161 Å². The zero-order valence-electron chi connectivity index (χ0n) is 15.2. The van der Waals surface area contributed by atoms with Crippen LogP contribution >= 0.6 is 0 Å². The van der Waals surface area contributed by atoms with E-state index < -0.39 is 23.3 Å². The van der Waals surface area contributed by atoms with Gasteiger partial charge in [0.15, 0.2) is 5.60 Å². The average Bonchev–Trinajstić information content (AvgIpc) is 2.69. The fourth-order valence-electron chi connectivity index (χ4n) is 3.37. The summed E-state index contributed by atoms with van der Waals surface area (Å²) in [5.41, 5.74) is 1.32. The molecule has 2 heterocycles. The Bertz CT molecular complexity index is 1030. The molecule has 0 spiro atoms. The number of benzene rings is 2. The van der Waals surface area contributed by atoms with Crippen LogP contribution in [0.5, 0.6) is 0 Å². The molecule has 4 nitrogen and oxygen atoms in total. The third-order valence-corrected chi connectivity index (χ3v) is 4.95. The van der Waals surface area contributed by atoms with Crippen molar-refractivity contribution in [3.63, 3.8) is 0 Å². The number of cyclic esters (lactones) is 1. The normalized spacial score (nSPS) is 19.4. The highest BCUT2D eigenvalue weighted by atomic mass is 19.1. The molecule has 1 aliphatic rings. The summed E-state index contributed by atoms with van der Waals surface area (Å²) in [5, 5.41) is 0. The smallest absolute Gasteiger partial charge is 0.415 e. The summed E-state index contributed by atoms with van der Waals surface area (Å²) >= 11 is 0. The van der Waals surface area contributed by atoms with Crippen LogP contribution in [-0.4, -0.2) is 17.6 Å². The number of aromatic nitrogens is 1. The van der Waals surface area contributed by atoms with Crippen molar-refractivity contribution in [1.82, 2.24) is 4.98 Å². The van der Waals surface area contributed by atoms with E-state index in [0.29, 0.717) is 29.9 Å². The van der Waals surface area contributed by atoms with E-state index in [0.717, 1.165) is 6.07 Å². The van der Waals surface area contributed by atoms with Gasteiger partial charge < -0.3 is 4.74 Å². The standard InChI is InChI=1S/C22H18F2N2O2/c1-22(20-7-2-3-11-25-20)10-12-26(21(27)28-22)17-6-4-5-15(13-17)18-9-8-16(23)14-19(18)24/h2-9,11,13-14H,10,12H2,1H3/t22-/m1/s1. The van der Waals surface area contributed by atoms with Crippen molar-refractivity contribution < 1.29 is 18.3 Å². The van der Waals surface area contributed by atoms with Crippen LogP contribution in [0.2, 0.25) is 0 Å². The van der Waals surface area contributed by atoms with Crippen LogP contribution in [-0.2, 0) is 10.3 Å². The number of carbonyl (C=O) groups excluding carboxylic acids is 1. The lowest BCUT2D eigenvalue weighted by Gasteiger charge is -2.38. The average molecular weight is 380 g/mol. The maximum Gasteiger partial charge on any atom is 0.415 e. The Morgan fingerprint density at radius 1 is 1.07 bits per heavy atom. The molecule has 1 aliphatic heterocycles. The summed E-state index contributed by atoms with van der Waals surface area (Å²) in [7, 11) is 0. The van der Waals surface area contributed by atoms with E-state index in [9.17, 15) is 13.6 Å². The number of carbonyl (C=O) groups is 1. The van der Waals surface area contributed by atoms with Crippen molar-refractivity contribution in [3.8, 4) is 11.1 Å². The number of hydrogen-bond acceptors (Lipinski definition) is 3.